The normalized spacial score (nSPS) is 10.6. The number of nitrogens with one attached hydrogen (secondary N) is 2. The molecule has 0 unspecified atom stereocenters. The number of hydrogen-bond donors (Lipinski definition) is 2. The minimum Gasteiger partial charge on any atom is -0.461 e. The van der Waals surface area contributed by atoms with E-state index in [0.29, 0.717) is 17.8 Å². The molecule has 0 aliphatic rings. The molecule has 6 heteroatoms. The van der Waals surface area contributed by atoms with Crippen molar-refractivity contribution in [2.24, 2.45) is 0 Å². The van der Waals surface area contributed by atoms with Crippen LogP contribution in [0.15, 0.2) is 10.9 Å². The Balaban J connectivity index is 2.57. The molecular weight excluding hydrogens is 210 g/mol. The molecule has 2 aromatic heterocycles. The first kappa shape index (κ1) is 10.4. The zero-order valence-corrected chi connectivity index (χ0v) is 8.96. The van der Waals surface area contributed by atoms with Crippen molar-refractivity contribution in [3.05, 3.63) is 27.8 Å². The van der Waals surface area contributed by atoms with E-state index in [1.165, 1.54) is 0 Å². The van der Waals surface area contributed by atoms with Gasteiger partial charge < -0.3 is 9.72 Å². The maximum Gasteiger partial charge on any atom is 0.357 e. The summed E-state index contributed by atoms with van der Waals surface area (Å²) in [6.07, 6.45) is 0. The summed E-state index contributed by atoms with van der Waals surface area (Å²) >= 11 is 0. The number of H-pyrrole nitrogens is 2. The smallest absolute Gasteiger partial charge is 0.357 e. The van der Waals surface area contributed by atoms with Crippen molar-refractivity contribution in [3.8, 4) is 0 Å². The van der Waals surface area contributed by atoms with E-state index < -0.39 is 5.97 Å². The van der Waals surface area contributed by atoms with Gasteiger partial charge in [-0.05, 0) is 25.5 Å². The summed E-state index contributed by atoms with van der Waals surface area (Å²) in [5.41, 5.74) is 1.60. The van der Waals surface area contributed by atoms with E-state index in [4.69, 9.17) is 4.74 Å². The predicted octanol–water partition coefficient (Wildman–Crippen LogP) is 0.736. The van der Waals surface area contributed by atoms with Crippen LogP contribution in [0.2, 0.25) is 0 Å². The number of imidazole rings is 1. The van der Waals surface area contributed by atoms with Crippen LogP contribution in [-0.2, 0) is 4.74 Å². The van der Waals surface area contributed by atoms with Crippen LogP contribution in [0.4, 0.5) is 0 Å². The molecule has 2 N–H and O–H groups in total. The number of aryl methyl sites for hydroxylation is 1. The Morgan fingerprint density at radius 2 is 2.25 bits per heavy atom. The van der Waals surface area contributed by atoms with Crippen LogP contribution in [0.1, 0.15) is 23.0 Å². The first-order chi connectivity index (χ1) is 7.61. The number of hydrogen-bond acceptors (Lipinski definition) is 4. The van der Waals surface area contributed by atoms with Crippen LogP contribution >= 0.6 is 0 Å². The van der Waals surface area contributed by atoms with Gasteiger partial charge in [-0.3, -0.25) is 4.98 Å². The fourth-order valence-electron chi connectivity index (χ4n) is 1.48. The maximum atomic E-state index is 11.5. The zero-order valence-electron chi connectivity index (χ0n) is 8.96. The number of ether oxygens (including phenoxy) is 1. The lowest BCUT2D eigenvalue weighted by atomic mass is 10.2. The highest BCUT2D eigenvalue weighted by atomic mass is 16.5. The molecular formula is C10H11N3O3. The maximum absolute atomic E-state index is 11.5. The van der Waals surface area contributed by atoms with Gasteiger partial charge in [0.1, 0.15) is 0 Å². The van der Waals surface area contributed by atoms with E-state index in [2.05, 4.69) is 15.0 Å². The molecule has 0 saturated carbocycles. The molecule has 0 spiro atoms. The number of rotatable bonds is 2. The largest absolute Gasteiger partial charge is 0.461 e. The lowest BCUT2D eigenvalue weighted by Gasteiger charge is -2.02. The molecule has 2 rings (SSSR count). The second-order valence-electron chi connectivity index (χ2n) is 3.35. The SMILES string of the molecule is CCOC(=O)c1cc(C)c2[nH]c(=O)[nH]c2n1. The van der Waals surface area contributed by atoms with Gasteiger partial charge in [0.2, 0.25) is 0 Å². The summed E-state index contributed by atoms with van der Waals surface area (Å²) in [6, 6.07) is 1.59. The Morgan fingerprint density at radius 3 is 2.94 bits per heavy atom. The second kappa shape index (κ2) is 3.80. The number of esters is 1. The van der Waals surface area contributed by atoms with Crippen molar-refractivity contribution < 1.29 is 9.53 Å². The predicted molar refractivity (Wildman–Crippen MR) is 57.4 cm³/mol. The molecule has 6 nitrogen and oxygen atoms in total. The standard InChI is InChI=1S/C10H11N3O3/c1-3-16-9(14)6-4-5(2)7-8(11-6)13-10(15)12-7/h4H,3H2,1-2H3,(H2,11,12,13,15). The number of aromatic amines is 2. The molecule has 0 fully saturated rings. The third-order valence-electron chi connectivity index (χ3n) is 2.17. The molecule has 0 amide bonds. The van der Waals surface area contributed by atoms with E-state index >= 15 is 0 Å². The van der Waals surface area contributed by atoms with Crippen molar-refractivity contribution in [2.45, 2.75) is 13.8 Å². The highest BCUT2D eigenvalue weighted by Gasteiger charge is 2.12. The topological polar surface area (TPSA) is 87.8 Å². The molecule has 84 valence electrons. The summed E-state index contributed by atoms with van der Waals surface area (Å²) in [5, 5.41) is 0. The Kier molecular flexibility index (Phi) is 2.47. The summed E-state index contributed by atoms with van der Waals surface area (Å²) < 4.78 is 4.83. The molecule has 0 aromatic carbocycles. The Morgan fingerprint density at radius 1 is 1.50 bits per heavy atom. The van der Waals surface area contributed by atoms with E-state index in [1.54, 1.807) is 19.9 Å². The first-order valence-corrected chi connectivity index (χ1v) is 4.88. The lowest BCUT2D eigenvalue weighted by molar-refractivity contribution is 0.0520. The van der Waals surface area contributed by atoms with E-state index in [0.717, 1.165) is 5.56 Å². The van der Waals surface area contributed by atoms with Crippen LogP contribution < -0.4 is 5.69 Å². The van der Waals surface area contributed by atoms with Gasteiger partial charge in [-0.2, -0.15) is 0 Å². The average molecular weight is 221 g/mol. The van der Waals surface area contributed by atoms with E-state index in [-0.39, 0.29) is 11.4 Å². The fraction of sp³-hybridized carbons (Fsp3) is 0.300. The number of nitrogens with zero attached hydrogens (tertiary/aromatic N) is 1. The van der Waals surface area contributed by atoms with Gasteiger partial charge in [-0.15, -0.1) is 0 Å². The summed E-state index contributed by atoms with van der Waals surface area (Å²) in [7, 11) is 0. The van der Waals surface area contributed by atoms with Crippen molar-refractivity contribution in [1.29, 1.82) is 0 Å². The van der Waals surface area contributed by atoms with Gasteiger partial charge in [0.15, 0.2) is 11.3 Å². The van der Waals surface area contributed by atoms with E-state index in [1.807, 2.05) is 0 Å². The monoisotopic (exact) mass is 221 g/mol. The first-order valence-electron chi connectivity index (χ1n) is 4.88. The van der Waals surface area contributed by atoms with Gasteiger partial charge in [0.05, 0.1) is 12.1 Å². The highest BCUT2D eigenvalue weighted by Crippen LogP contribution is 2.12. The van der Waals surface area contributed by atoms with Gasteiger partial charge in [0, 0.05) is 0 Å². The molecule has 0 aliphatic carbocycles. The zero-order chi connectivity index (χ0) is 11.7. The van der Waals surface area contributed by atoms with E-state index in [9.17, 15) is 9.59 Å². The van der Waals surface area contributed by atoms with Crippen LogP contribution in [0.3, 0.4) is 0 Å². The third-order valence-corrected chi connectivity index (χ3v) is 2.17. The molecule has 16 heavy (non-hydrogen) atoms. The lowest BCUT2D eigenvalue weighted by Crippen LogP contribution is -2.07. The van der Waals surface area contributed by atoms with Gasteiger partial charge in [0.25, 0.3) is 0 Å². The molecule has 0 aliphatic heterocycles. The number of fused-ring (bicyclic) bond motifs is 1. The Labute approximate surface area is 90.7 Å². The molecule has 0 radical (unpaired) electrons. The summed E-state index contributed by atoms with van der Waals surface area (Å²) in [6.45, 7) is 3.80. The Hall–Kier alpha value is -2.11. The third kappa shape index (κ3) is 1.69. The molecule has 2 aromatic rings. The van der Waals surface area contributed by atoms with Crippen molar-refractivity contribution in [2.75, 3.05) is 6.61 Å². The number of aromatic nitrogens is 3. The number of carbonyl (C=O) groups excluding carboxylic acids is 1. The average Bonchev–Trinajstić information content (AvgIpc) is 2.59. The van der Waals surface area contributed by atoms with Crippen molar-refractivity contribution in [1.82, 2.24) is 15.0 Å². The van der Waals surface area contributed by atoms with Crippen LogP contribution in [0, 0.1) is 6.92 Å². The minimum absolute atomic E-state index is 0.196. The molecule has 0 saturated heterocycles. The number of carbonyl (C=O) groups is 1. The molecule has 0 bridgehead atoms. The van der Waals surface area contributed by atoms with Gasteiger partial charge >= 0.3 is 11.7 Å². The minimum atomic E-state index is -0.491. The molecule has 2 heterocycles. The van der Waals surface area contributed by atoms with Crippen molar-refractivity contribution >= 4 is 17.1 Å². The fourth-order valence-corrected chi connectivity index (χ4v) is 1.48. The Bertz CT molecular complexity index is 597. The quantitative estimate of drug-likeness (QED) is 0.732. The van der Waals surface area contributed by atoms with Gasteiger partial charge in [-0.1, -0.05) is 0 Å². The highest BCUT2D eigenvalue weighted by molar-refractivity contribution is 5.90. The molecule has 0 atom stereocenters. The summed E-state index contributed by atoms with van der Waals surface area (Å²) in [5.74, 6) is -0.491. The van der Waals surface area contributed by atoms with Crippen LogP contribution in [0.25, 0.3) is 11.2 Å². The summed E-state index contributed by atoms with van der Waals surface area (Å²) in [4.78, 5) is 31.7. The van der Waals surface area contributed by atoms with Gasteiger partial charge in [-0.25, -0.2) is 14.6 Å². The van der Waals surface area contributed by atoms with Crippen molar-refractivity contribution in [3.63, 3.8) is 0 Å². The number of pyridine rings is 1. The second-order valence-corrected chi connectivity index (χ2v) is 3.35. The van der Waals surface area contributed by atoms with Crippen LogP contribution in [-0.4, -0.2) is 27.5 Å². The van der Waals surface area contributed by atoms with Crippen LogP contribution in [0.5, 0.6) is 0 Å².